The Morgan fingerprint density at radius 3 is 2.75 bits per heavy atom. The molecular formula is C8H17N3O. The lowest BCUT2D eigenvalue weighted by molar-refractivity contribution is -0.135. The van der Waals surface area contributed by atoms with E-state index in [1.807, 2.05) is 0 Å². The molecule has 0 saturated carbocycles. The van der Waals surface area contributed by atoms with E-state index in [2.05, 4.69) is 0 Å². The second kappa shape index (κ2) is 3.87. The monoisotopic (exact) mass is 171 g/mol. The molecule has 4 N–H and O–H groups in total. The number of nitrogens with zero attached hydrogens (tertiary/aromatic N) is 1. The average molecular weight is 171 g/mol. The van der Waals surface area contributed by atoms with Crippen molar-refractivity contribution in [2.75, 3.05) is 6.54 Å². The Balaban J connectivity index is 2.53. The molecule has 1 aliphatic heterocycles. The first-order chi connectivity index (χ1) is 5.63. The summed E-state index contributed by atoms with van der Waals surface area (Å²) in [6.07, 6.45) is 2.95. The average Bonchev–Trinajstić information content (AvgIpc) is 2.04. The van der Waals surface area contributed by atoms with Gasteiger partial charge in [-0.2, -0.15) is 0 Å². The fourth-order valence-electron chi connectivity index (χ4n) is 1.49. The predicted octanol–water partition coefficient (Wildman–Crippen LogP) is -0.369. The summed E-state index contributed by atoms with van der Waals surface area (Å²) in [7, 11) is 0. The van der Waals surface area contributed by atoms with Crippen molar-refractivity contribution >= 4 is 5.91 Å². The van der Waals surface area contributed by atoms with E-state index in [1.165, 1.54) is 0 Å². The highest BCUT2D eigenvalue weighted by molar-refractivity contribution is 5.81. The molecular weight excluding hydrogens is 154 g/mol. The van der Waals surface area contributed by atoms with Gasteiger partial charge >= 0.3 is 0 Å². The molecule has 4 heteroatoms. The predicted molar refractivity (Wildman–Crippen MR) is 47.2 cm³/mol. The van der Waals surface area contributed by atoms with E-state index in [1.54, 1.807) is 11.8 Å². The van der Waals surface area contributed by atoms with E-state index in [4.69, 9.17) is 11.5 Å². The van der Waals surface area contributed by atoms with Crippen molar-refractivity contribution in [2.45, 2.75) is 38.4 Å². The molecule has 1 fully saturated rings. The van der Waals surface area contributed by atoms with Gasteiger partial charge in [0.1, 0.15) is 0 Å². The van der Waals surface area contributed by atoms with Crippen LogP contribution in [-0.2, 0) is 4.79 Å². The summed E-state index contributed by atoms with van der Waals surface area (Å²) < 4.78 is 0. The smallest absolute Gasteiger partial charge is 0.240 e. The van der Waals surface area contributed by atoms with Gasteiger partial charge in [-0.1, -0.05) is 0 Å². The van der Waals surface area contributed by atoms with E-state index >= 15 is 0 Å². The first-order valence-corrected chi connectivity index (χ1v) is 4.44. The topological polar surface area (TPSA) is 72.4 Å². The summed E-state index contributed by atoms with van der Waals surface area (Å²) in [6.45, 7) is 2.46. The SMILES string of the molecule is C[C@H](N)C(=O)N1CCCCC1N. The fraction of sp³-hybridized carbons (Fsp3) is 0.875. The van der Waals surface area contributed by atoms with E-state index in [0.717, 1.165) is 25.8 Å². The van der Waals surface area contributed by atoms with Crippen LogP contribution < -0.4 is 11.5 Å². The molecule has 0 aromatic rings. The maximum atomic E-state index is 11.4. The summed E-state index contributed by atoms with van der Waals surface area (Å²) in [6, 6.07) is -0.422. The van der Waals surface area contributed by atoms with E-state index in [-0.39, 0.29) is 12.1 Å². The normalized spacial score (nSPS) is 26.9. The molecule has 1 unspecified atom stereocenters. The molecule has 1 heterocycles. The van der Waals surface area contributed by atoms with Crippen LogP contribution in [0.5, 0.6) is 0 Å². The van der Waals surface area contributed by atoms with Crippen LogP contribution in [0.15, 0.2) is 0 Å². The lowest BCUT2D eigenvalue weighted by Gasteiger charge is -2.34. The third-order valence-electron chi connectivity index (χ3n) is 2.22. The van der Waals surface area contributed by atoms with E-state index in [9.17, 15) is 4.79 Å². The first kappa shape index (κ1) is 9.48. The summed E-state index contributed by atoms with van der Waals surface area (Å²) in [5.41, 5.74) is 11.2. The van der Waals surface area contributed by atoms with Crippen LogP contribution in [0, 0.1) is 0 Å². The third-order valence-corrected chi connectivity index (χ3v) is 2.22. The van der Waals surface area contributed by atoms with Crippen LogP contribution in [0.1, 0.15) is 26.2 Å². The van der Waals surface area contributed by atoms with Crippen molar-refractivity contribution in [3.8, 4) is 0 Å². The van der Waals surface area contributed by atoms with Crippen LogP contribution in [0.4, 0.5) is 0 Å². The number of rotatable bonds is 1. The van der Waals surface area contributed by atoms with Crippen LogP contribution >= 0.6 is 0 Å². The minimum Gasteiger partial charge on any atom is -0.326 e. The van der Waals surface area contributed by atoms with Gasteiger partial charge in [-0.3, -0.25) is 4.79 Å². The maximum Gasteiger partial charge on any atom is 0.240 e. The maximum absolute atomic E-state index is 11.4. The lowest BCUT2D eigenvalue weighted by atomic mass is 10.1. The molecule has 0 aromatic carbocycles. The molecule has 0 bridgehead atoms. The summed E-state index contributed by atoms with van der Waals surface area (Å²) >= 11 is 0. The molecule has 70 valence electrons. The zero-order valence-corrected chi connectivity index (χ0v) is 7.49. The Morgan fingerprint density at radius 1 is 1.58 bits per heavy atom. The van der Waals surface area contributed by atoms with Gasteiger partial charge in [0.25, 0.3) is 0 Å². The summed E-state index contributed by atoms with van der Waals surface area (Å²) in [5, 5.41) is 0. The molecule has 1 rings (SSSR count). The van der Waals surface area contributed by atoms with E-state index in [0.29, 0.717) is 0 Å². The van der Waals surface area contributed by atoms with Gasteiger partial charge in [0.05, 0.1) is 12.2 Å². The number of carbonyl (C=O) groups excluding carboxylic acids is 1. The first-order valence-electron chi connectivity index (χ1n) is 4.44. The number of amides is 1. The molecule has 0 aromatic heterocycles. The highest BCUT2D eigenvalue weighted by Crippen LogP contribution is 2.13. The fourth-order valence-corrected chi connectivity index (χ4v) is 1.49. The Hall–Kier alpha value is -0.610. The van der Waals surface area contributed by atoms with Crippen LogP contribution in [-0.4, -0.2) is 29.6 Å². The lowest BCUT2D eigenvalue weighted by Crippen LogP contribution is -2.53. The zero-order chi connectivity index (χ0) is 9.14. The van der Waals surface area contributed by atoms with Crippen molar-refractivity contribution in [2.24, 2.45) is 11.5 Å². The van der Waals surface area contributed by atoms with Gasteiger partial charge in [0.15, 0.2) is 0 Å². The van der Waals surface area contributed by atoms with Crippen LogP contribution in [0.25, 0.3) is 0 Å². The molecule has 0 spiro atoms. The standard InChI is InChI=1S/C8H17N3O/c1-6(9)8(12)11-5-3-2-4-7(11)10/h6-7H,2-5,9-10H2,1H3/t6-,7?/m0/s1. The highest BCUT2D eigenvalue weighted by Gasteiger charge is 2.25. The molecule has 0 aliphatic carbocycles. The van der Waals surface area contributed by atoms with Crippen molar-refractivity contribution in [3.63, 3.8) is 0 Å². The van der Waals surface area contributed by atoms with Gasteiger partial charge in [0, 0.05) is 6.54 Å². The molecule has 4 nitrogen and oxygen atoms in total. The van der Waals surface area contributed by atoms with Gasteiger partial charge in [-0.25, -0.2) is 0 Å². The second-order valence-electron chi connectivity index (χ2n) is 3.38. The van der Waals surface area contributed by atoms with Crippen molar-refractivity contribution in [3.05, 3.63) is 0 Å². The van der Waals surface area contributed by atoms with E-state index < -0.39 is 6.04 Å². The number of piperidine rings is 1. The van der Waals surface area contributed by atoms with Crippen LogP contribution in [0.2, 0.25) is 0 Å². The van der Waals surface area contributed by atoms with Gasteiger partial charge in [0.2, 0.25) is 5.91 Å². The number of hydrogen-bond donors (Lipinski definition) is 2. The molecule has 1 amide bonds. The highest BCUT2D eigenvalue weighted by atomic mass is 16.2. The number of nitrogens with two attached hydrogens (primary N) is 2. The van der Waals surface area contributed by atoms with Crippen molar-refractivity contribution in [1.82, 2.24) is 4.90 Å². The zero-order valence-electron chi connectivity index (χ0n) is 7.49. The van der Waals surface area contributed by atoms with Crippen molar-refractivity contribution < 1.29 is 4.79 Å². The van der Waals surface area contributed by atoms with Gasteiger partial charge < -0.3 is 16.4 Å². The van der Waals surface area contributed by atoms with Crippen molar-refractivity contribution in [1.29, 1.82) is 0 Å². The Kier molecular flexibility index (Phi) is 3.05. The molecule has 2 atom stereocenters. The summed E-state index contributed by atoms with van der Waals surface area (Å²) in [4.78, 5) is 13.1. The third kappa shape index (κ3) is 1.95. The second-order valence-corrected chi connectivity index (χ2v) is 3.38. The number of hydrogen-bond acceptors (Lipinski definition) is 3. The largest absolute Gasteiger partial charge is 0.326 e. The Morgan fingerprint density at radius 2 is 2.25 bits per heavy atom. The molecule has 0 radical (unpaired) electrons. The molecule has 1 aliphatic rings. The molecule has 12 heavy (non-hydrogen) atoms. The van der Waals surface area contributed by atoms with Gasteiger partial charge in [-0.05, 0) is 26.2 Å². The minimum absolute atomic E-state index is 0.0257. The molecule has 1 saturated heterocycles. The number of likely N-dealkylation sites (tertiary alicyclic amines) is 1. The Bertz CT molecular complexity index is 170. The van der Waals surface area contributed by atoms with Crippen LogP contribution in [0.3, 0.4) is 0 Å². The quantitative estimate of drug-likeness (QED) is 0.565. The minimum atomic E-state index is -0.422. The number of carbonyl (C=O) groups is 1. The van der Waals surface area contributed by atoms with Gasteiger partial charge in [-0.15, -0.1) is 0 Å². The Labute approximate surface area is 72.9 Å². The summed E-state index contributed by atoms with van der Waals surface area (Å²) in [5.74, 6) is -0.0257.